The minimum absolute atomic E-state index is 0.121. The number of benzene rings is 2. The molecule has 0 unspecified atom stereocenters. The molecule has 2 N–H and O–H groups in total. The van der Waals surface area contributed by atoms with Crippen LogP contribution >= 0.6 is 0 Å². The molecular weight excluding hydrogens is 339 g/mol. The van der Waals surface area contributed by atoms with Crippen LogP contribution in [-0.2, 0) is 0 Å². The first-order valence-electron chi connectivity index (χ1n) is 7.61. The lowest BCUT2D eigenvalue weighted by molar-refractivity contribution is 0.414. The molecule has 0 spiro atoms. The van der Waals surface area contributed by atoms with E-state index in [1.807, 2.05) is 18.2 Å². The molecule has 2 aromatic carbocycles. The Hall–Kier alpha value is -3.75. The average molecular weight is 352 g/mol. The first-order valence-corrected chi connectivity index (χ1v) is 7.61. The number of rotatable bonds is 4. The van der Waals surface area contributed by atoms with E-state index in [4.69, 9.17) is 15.0 Å². The van der Waals surface area contributed by atoms with E-state index in [-0.39, 0.29) is 23.2 Å². The zero-order valence-electron chi connectivity index (χ0n) is 13.6. The van der Waals surface area contributed by atoms with Gasteiger partial charge in [0.2, 0.25) is 5.82 Å². The highest BCUT2D eigenvalue weighted by Gasteiger charge is 2.20. The van der Waals surface area contributed by atoms with Crippen LogP contribution in [0.2, 0.25) is 0 Å². The summed E-state index contributed by atoms with van der Waals surface area (Å²) in [4.78, 5) is 4.26. The topological polar surface area (TPSA) is 105 Å². The summed E-state index contributed by atoms with van der Waals surface area (Å²) in [7, 11) is 1.57. The van der Waals surface area contributed by atoms with E-state index in [9.17, 15) is 4.39 Å². The molecule has 0 amide bonds. The highest BCUT2D eigenvalue weighted by molar-refractivity contribution is 5.66. The summed E-state index contributed by atoms with van der Waals surface area (Å²) in [6.45, 7) is 0. The van der Waals surface area contributed by atoms with Gasteiger partial charge < -0.3 is 15.0 Å². The average Bonchev–Trinajstić information content (AvgIpc) is 3.29. The van der Waals surface area contributed by atoms with Crippen LogP contribution in [0.3, 0.4) is 0 Å². The molecule has 0 radical (unpaired) electrons. The molecule has 4 aromatic rings. The lowest BCUT2D eigenvalue weighted by Gasteiger charge is -2.05. The highest BCUT2D eigenvalue weighted by atomic mass is 19.1. The molecule has 0 aliphatic carbocycles. The molecule has 0 aliphatic heterocycles. The van der Waals surface area contributed by atoms with E-state index in [1.54, 1.807) is 25.3 Å². The predicted molar refractivity (Wildman–Crippen MR) is 91.0 cm³/mol. The molecule has 2 aromatic heterocycles. The van der Waals surface area contributed by atoms with Crippen molar-refractivity contribution in [3.8, 4) is 34.4 Å². The molecule has 0 atom stereocenters. The summed E-state index contributed by atoms with van der Waals surface area (Å²) in [5, 5.41) is 12.0. The summed E-state index contributed by atoms with van der Waals surface area (Å²) in [5.41, 5.74) is 7.70. The fourth-order valence-corrected chi connectivity index (χ4v) is 2.41. The van der Waals surface area contributed by atoms with Crippen molar-refractivity contribution in [2.24, 2.45) is 0 Å². The Kier molecular flexibility index (Phi) is 3.81. The Bertz CT molecular complexity index is 1060. The normalized spacial score (nSPS) is 10.8. The van der Waals surface area contributed by atoms with Crippen molar-refractivity contribution < 1.29 is 13.7 Å². The minimum atomic E-state index is -0.344. The highest BCUT2D eigenvalue weighted by Crippen LogP contribution is 2.27. The van der Waals surface area contributed by atoms with Crippen LogP contribution in [0.25, 0.3) is 28.7 Å². The van der Waals surface area contributed by atoms with Gasteiger partial charge in [-0.05, 0) is 36.4 Å². The number of nitrogen functional groups attached to an aromatic ring is 1. The number of hydrogen-bond donors (Lipinski definition) is 1. The Labute approximate surface area is 147 Å². The number of anilines is 1. The van der Waals surface area contributed by atoms with Crippen molar-refractivity contribution in [1.29, 1.82) is 0 Å². The van der Waals surface area contributed by atoms with Gasteiger partial charge in [0.1, 0.15) is 11.6 Å². The minimum Gasteiger partial charge on any atom is -0.497 e. The largest absolute Gasteiger partial charge is 0.497 e. The molecule has 130 valence electrons. The monoisotopic (exact) mass is 352 g/mol. The first kappa shape index (κ1) is 15.8. The van der Waals surface area contributed by atoms with E-state index in [2.05, 4.69) is 20.5 Å². The zero-order valence-corrected chi connectivity index (χ0v) is 13.6. The maximum absolute atomic E-state index is 13.0. The van der Waals surface area contributed by atoms with Crippen LogP contribution in [0, 0.1) is 5.82 Å². The van der Waals surface area contributed by atoms with Crippen LogP contribution in [0.1, 0.15) is 0 Å². The van der Waals surface area contributed by atoms with Crippen LogP contribution in [0.15, 0.2) is 53.1 Å². The maximum atomic E-state index is 13.0. The molecule has 0 fully saturated rings. The number of nitrogens with zero attached hydrogens (tertiary/aromatic N) is 5. The second kappa shape index (κ2) is 6.28. The number of halogens is 1. The molecule has 0 bridgehead atoms. The van der Waals surface area contributed by atoms with Crippen molar-refractivity contribution in [3.05, 3.63) is 54.3 Å². The molecule has 0 aliphatic rings. The van der Waals surface area contributed by atoms with Gasteiger partial charge in [-0.15, -0.1) is 5.10 Å². The number of aromatic nitrogens is 5. The fourth-order valence-electron chi connectivity index (χ4n) is 2.41. The molecule has 0 saturated carbocycles. The van der Waals surface area contributed by atoms with Gasteiger partial charge in [-0.1, -0.05) is 16.4 Å². The number of hydrogen-bond acceptors (Lipinski definition) is 7. The van der Waals surface area contributed by atoms with Gasteiger partial charge >= 0.3 is 0 Å². The fraction of sp³-hybridized carbons (Fsp3) is 0.0588. The van der Waals surface area contributed by atoms with Crippen molar-refractivity contribution in [1.82, 2.24) is 25.1 Å². The van der Waals surface area contributed by atoms with Crippen molar-refractivity contribution in [2.75, 3.05) is 12.8 Å². The summed E-state index contributed by atoms with van der Waals surface area (Å²) in [5.74, 6) is 0.983. The summed E-state index contributed by atoms with van der Waals surface area (Å²) >= 11 is 0. The Morgan fingerprint density at radius 1 is 1.15 bits per heavy atom. The third kappa shape index (κ3) is 2.75. The maximum Gasteiger partial charge on any atom is 0.282 e. The second-order valence-corrected chi connectivity index (χ2v) is 5.37. The molecule has 8 nitrogen and oxygen atoms in total. The summed E-state index contributed by atoms with van der Waals surface area (Å²) in [6.07, 6.45) is 0. The van der Waals surface area contributed by atoms with Gasteiger partial charge in [-0.3, -0.25) is 0 Å². The smallest absolute Gasteiger partial charge is 0.282 e. The van der Waals surface area contributed by atoms with Gasteiger partial charge in [-0.2, -0.15) is 9.67 Å². The van der Waals surface area contributed by atoms with E-state index < -0.39 is 0 Å². The van der Waals surface area contributed by atoms with E-state index >= 15 is 0 Å². The third-order valence-corrected chi connectivity index (χ3v) is 3.73. The SMILES string of the molecule is COc1cccc(-n2nnc(-c3nc(-c4ccc(F)cc4)no3)c2N)c1. The van der Waals surface area contributed by atoms with Crippen LogP contribution < -0.4 is 10.5 Å². The number of ether oxygens (including phenoxy) is 1. The van der Waals surface area contributed by atoms with Gasteiger partial charge in [0.15, 0.2) is 11.5 Å². The zero-order chi connectivity index (χ0) is 18.1. The number of nitrogens with two attached hydrogens (primary N) is 1. The Morgan fingerprint density at radius 3 is 2.73 bits per heavy atom. The summed E-state index contributed by atoms with van der Waals surface area (Å²) in [6, 6.07) is 13.0. The van der Waals surface area contributed by atoms with Crippen LogP contribution in [0.5, 0.6) is 5.75 Å². The second-order valence-electron chi connectivity index (χ2n) is 5.37. The van der Waals surface area contributed by atoms with E-state index in [0.717, 1.165) is 0 Å². The quantitative estimate of drug-likeness (QED) is 0.602. The molecule has 26 heavy (non-hydrogen) atoms. The molecule has 0 saturated heterocycles. The third-order valence-electron chi connectivity index (χ3n) is 3.73. The molecule has 2 heterocycles. The van der Waals surface area contributed by atoms with E-state index in [0.29, 0.717) is 22.8 Å². The first-order chi connectivity index (χ1) is 12.7. The molecule has 4 rings (SSSR count). The number of methoxy groups -OCH3 is 1. The lowest BCUT2D eigenvalue weighted by atomic mass is 10.2. The Morgan fingerprint density at radius 2 is 1.96 bits per heavy atom. The standard InChI is InChI=1S/C17H13FN6O2/c1-25-13-4-2-3-12(9-13)24-15(19)14(21-23-24)17-20-16(22-26-17)10-5-7-11(18)8-6-10/h2-9H,19H2,1H3. The molecule has 9 heteroatoms. The lowest BCUT2D eigenvalue weighted by Crippen LogP contribution is -2.02. The van der Waals surface area contributed by atoms with Gasteiger partial charge in [0, 0.05) is 11.6 Å². The van der Waals surface area contributed by atoms with Crippen LogP contribution in [-0.4, -0.2) is 32.2 Å². The van der Waals surface area contributed by atoms with Gasteiger partial charge in [0.05, 0.1) is 12.8 Å². The van der Waals surface area contributed by atoms with E-state index in [1.165, 1.54) is 16.8 Å². The molecular formula is C17H13FN6O2. The predicted octanol–water partition coefficient (Wildman–Crippen LogP) is 2.71. The van der Waals surface area contributed by atoms with Crippen molar-refractivity contribution in [3.63, 3.8) is 0 Å². The Balaban J connectivity index is 1.69. The van der Waals surface area contributed by atoms with Crippen molar-refractivity contribution in [2.45, 2.75) is 0 Å². The van der Waals surface area contributed by atoms with Gasteiger partial charge in [-0.25, -0.2) is 4.39 Å². The van der Waals surface area contributed by atoms with Crippen LogP contribution in [0.4, 0.5) is 10.2 Å². The van der Waals surface area contributed by atoms with Gasteiger partial charge in [0.25, 0.3) is 5.89 Å². The van der Waals surface area contributed by atoms with Crippen molar-refractivity contribution >= 4 is 5.82 Å². The summed E-state index contributed by atoms with van der Waals surface area (Å²) < 4.78 is 24.9.